The molecule has 4 aromatic rings. The molecular formula is C28H28F2N6O2. The van der Waals surface area contributed by atoms with Gasteiger partial charge in [-0.15, -0.1) is 0 Å². The summed E-state index contributed by atoms with van der Waals surface area (Å²) in [7, 11) is 1.78. The van der Waals surface area contributed by atoms with E-state index in [1.165, 1.54) is 0 Å². The van der Waals surface area contributed by atoms with Crippen molar-refractivity contribution in [3.8, 4) is 0 Å². The Labute approximate surface area is 218 Å². The maximum Gasteiger partial charge on any atom is 0.269 e. The first-order chi connectivity index (χ1) is 18.3. The lowest BCUT2D eigenvalue weighted by Crippen LogP contribution is -2.37. The van der Waals surface area contributed by atoms with E-state index in [9.17, 15) is 13.6 Å². The van der Waals surface area contributed by atoms with E-state index in [2.05, 4.69) is 9.97 Å². The van der Waals surface area contributed by atoms with Crippen LogP contribution in [0.3, 0.4) is 0 Å². The molecule has 1 aliphatic heterocycles. The predicted octanol–water partition coefficient (Wildman–Crippen LogP) is 5.32. The summed E-state index contributed by atoms with van der Waals surface area (Å²) < 4.78 is 33.6. The highest BCUT2D eigenvalue weighted by Gasteiger charge is 2.31. The summed E-state index contributed by atoms with van der Waals surface area (Å²) in [6.45, 7) is 2.61. The zero-order chi connectivity index (χ0) is 26.6. The smallest absolute Gasteiger partial charge is 0.269 e. The van der Waals surface area contributed by atoms with Gasteiger partial charge in [-0.1, -0.05) is 6.07 Å². The van der Waals surface area contributed by atoms with Crippen molar-refractivity contribution in [3.05, 3.63) is 76.5 Å². The van der Waals surface area contributed by atoms with Crippen LogP contribution in [0, 0.1) is 6.92 Å². The van der Waals surface area contributed by atoms with Gasteiger partial charge in [-0.05, 0) is 61.9 Å². The quantitative estimate of drug-likeness (QED) is 0.394. The summed E-state index contributed by atoms with van der Waals surface area (Å²) in [5.41, 5.74) is 12.5. The van der Waals surface area contributed by atoms with Crippen molar-refractivity contribution in [2.45, 2.75) is 51.2 Å². The molecular weight excluding hydrogens is 490 g/mol. The second-order valence-electron chi connectivity index (χ2n) is 10.2. The predicted molar refractivity (Wildman–Crippen MR) is 139 cm³/mol. The number of nitrogens with two attached hydrogens (primary N) is 1. The van der Waals surface area contributed by atoms with Gasteiger partial charge in [0.25, 0.3) is 12.0 Å². The molecule has 0 bridgehead atoms. The van der Waals surface area contributed by atoms with Crippen LogP contribution in [0.5, 0.6) is 0 Å². The highest BCUT2D eigenvalue weighted by Crippen LogP contribution is 2.38. The normalized spacial score (nSPS) is 19.5. The van der Waals surface area contributed by atoms with Crippen LogP contribution < -0.4 is 5.73 Å². The summed E-state index contributed by atoms with van der Waals surface area (Å²) in [6.07, 6.45) is 3.90. The van der Waals surface area contributed by atoms with Gasteiger partial charge in [0.15, 0.2) is 0 Å². The minimum absolute atomic E-state index is 0.139. The molecule has 1 aliphatic carbocycles. The maximum absolute atomic E-state index is 13.8. The molecule has 10 heteroatoms. The van der Waals surface area contributed by atoms with Gasteiger partial charge in [-0.2, -0.15) is 8.78 Å². The number of anilines is 1. The maximum atomic E-state index is 13.8. The Morgan fingerprint density at radius 2 is 1.95 bits per heavy atom. The second-order valence-corrected chi connectivity index (χ2v) is 10.2. The van der Waals surface area contributed by atoms with Crippen LogP contribution in [0.1, 0.15) is 70.5 Å². The fourth-order valence-electron chi connectivity index (χ4n) is 5.69. The van der Waals surface area contributed by atoms with Crippen LogP contribution >= 0.6 is 0 Å². The first kappa shape index (κ1) is 24.4. The third-order valence-electron chi connectivity index (χ3n) is 7.92. The van der Waals surface area contributed by atoms with Gasteiger partial charge in [-0.25, -0.2) is 9.97 Å². The van der Waals surface area contributed by atoms with E-state index >= 15 is 0 Å². The molecule has 2 aliphatic rings. The van der Waals surface area contributed by atoms with Crippen LogP contribution in [-0.4, -0.2) is 43.8 Å². The first-order valence-electron chi connectivity index (χ1n) is 12.7. The summed E-state index contributed by atoms with van der Waals surface area (Å²) in [5.74, 6) is 0.388. The van der Waals surface area contributed by atoms with Crippen molar-refractivity contribution in [2.24, 2.45) is 0 Å². The van der Waals surface area contributed by atoms with Gasteiger partial charge >= 0.3 is 0 Å². The lowest BCUT2D eigenvalue weighted by molar-refractivity contribution is 0.0328. The summed E-state index contributed by atoms with van der Waals surface area (Å²) in [4.78, 5) is 29.0. The number of allylic oxidation sites excluding steroid dienone is 1. The lowest BCUT2D eigenvalue weighted by Gasteiger charge is -2.34. The third kappa shape index (κ3) is 4.09. The monoisotopic (exact) mass is 518 g/mol. The number of aromatic nitrogens is 4. The highest BCUT2D eigenvalue weighted by molar-refractivity contribution is 5.99. The Morgan fingerprint density at radius 3 is 2.71 bits per heavy atom. The number of carbonyl (C=O) groups excluding carboxylic acids is 1. The Bertz CT molecular complexity index is 1600. The van der Waals surface area contributed by atoms with Gasteiger partial charge in [0, 0.05) is 29.8 Å². The molecule has 196 valence electrons. The van der Waals surface area contributed by atoms with E-state index in [1.807, 2.05) is 35.6 Å². The zero-order valence-electron chi connectivity index (χ0n) is 21.2. The van der Waals surface area contributed by atoms with E-state index in [4.69, 9.17) is 15.5 Å². The van der Waals surface area contributed by atoms with Crippen LogP contribution in [0.4, 0.5) is 14.6 Å². The zero-order valence-corrected chi connectivity index (χ0v) is 21.2. The van der Waals surface area contributed by atoms with Gasteiger partial charge in [-0.3, -0.25) is 14.2 Å². The Balaban J connectivity index is 1.29. The number of hydrogen-bond donors (Lipinski definition) is 1. The van der Waals surface area contributed by atoms with Gasteiger partial charge in [0.05, 0.1) is 48.5 Å². The minimum Gasteiger partial charge on any atom is -0.382 e. The SMILES string of the molecule is Cc1cc2nc(N)c3cncn3c2cc1C(=O)N(C)C1COCc2nc(C3CCC(=C(F)F)CC3)ccc21. The van der Waals surface area contributed by atoms with Crippen molar-refractivity contribution < 1.29 is 18.3 Å². The average molecular weight is 519 g/mol. The van der Waals surface area contributed by atoms with Crippen LogP contribution in [0.25, 0.3) is 16.6 Å². The second kappa shape index (κ2) is 9.43. The highest BCUT2D eigenvalue weighted by atomic mass is 19.3. The van der Waals surface area contributed by atoms with E-state index in [1.54, 1.807) is 24.5 Å². The van der Waals surface area contributed by atoms with Crippen molar-refractivity contribution in [1.29, 1.82) is 0 Å². The fraction of sp³-hybridized carbons (Fsp3) is 0.357. The Kier molecular flexibility index (Phi) is 6.06. The third-order valence-corrected chi connectivity index (χ3v) is 7.92. The number of aryl methyl sites for hydroxylation is 1. The number of likely N-dealkylation sites (N-methyl/N-ethyl adjacent to an activating group) is 1. The van der Waals surface area contributed by atoms with Crippen LogP contribution in [-0.2, 0) is 11.3 Å². The molecule has 1 amide bonds. The van der Waals surface area contributed by atoms with Crippen molar-refractivity contribution in [3.63, 3.8) is 0 Å². The van der Waals surface area contributed by atoms with Crippen molar-refractivity contribution >= 4 is 28.3 Å². The molecule has 1 fully saturated rings. The molecule has 1 aromatic carbocycles. The molecule has 4 heterocycles. The molecule has 38 heavy (non-hydrogen) atoms. The Hall–Kier alpha value is -3.92. The summed E-state index contributed by atoms with van der Waals surface area (Å²) >= 11 is 0. The van der Waals surface area contributed by atoms with Gasteiger partial charge in [0.1, 0.15) is 11.3 Å². The van der Waals surface area contributed by atoms with E-state index in [-0.39, 0.29) is 23.4 Å². The summed E-state index contributed by atoms with van der Waals surface area (Å²) in [5, 5.41) is 0. The molecule has 8 nitrogen and oxygen atoms in total. The summed E-state index contributed by atoms with van der Waals surface area (Å²) in [6, 6.07) is 7.40. The Morgan fingerprint density at radius 1 is 1.16 bits per heavy atom. The first-order valence-corrected chi connectivity index (χ1v) is 12.7. The van der Waals surface area contributed by atoms with Crippen molar-refractivity contribution in [1.82, 2.24) is 24.3 Å². The number of fused-ring (bicyclic) bond motifs is 4. The van der Waals surface area contributed by atoms with E-state index in [0.29, 0.717) is 61.3 Å². The lowest BCUT2D eigenvalue weighted by atomic mass is 9.83. The number of benzene rings is 1. The van der Waals surface area contributed by atoms with E-state index in [0.717, 1.165) is 28.0 Å². The number of amides is 1. The average Bonchev–Trinajstić information content (AvgIpc) is 3.42. The molecule has 0 saturated heterocycles. The van der Waals surface area contributed by atoms with Crippen LogP contribution in [0.15, 0.2) is 48.4 Å². The molecule has 0 spiro atoms. The number of rotatable bonds is 3. The van der Waals surface area contributed by atoms with Crippen molar-refractivity contribution in [2.75, 3.05) is 19.4 Å². The standard InChI is InChI=1S/C28H28F2N6O2/c1-15-9-21-23(36-14-32-11-24(36)27(31)34-21)10-19(15)28(37)35(2)25-13-38-12-22-18(25)7-8-20(33-22)16-3-5-17(6-4-16)26(29)30/h7-11,14,16,25H,3-6,12-13H2,1-2H3,(H2,31,34). The molecule has 1 unspecified atom stereocenters. The number of carbonyl (C=O) groups is 1. The largest absolute Gasteiger partial charge is 0.382 e. The number of ether oxygens (including phenoxy) is 1. The molecule has 0 radical (unpaired) electrons. The number of nitrogens with zero attached hydrogens (tertiary/aromatic N) is 5. The van der Waals surface area contributed by atoms with E-state index < -0.39 is 6.08 Å². The molecule has 6 rings (SSSR count). The van der Waals surface area contributed by atoms with Gasteiger partial charge < -0.3 is 15.4 Å². The number of halogens is 2. The van der Waals surface area contributed by atoms with Crippen LogP contribution in [0.2, 0.25) is 0 Å². The number of hydrogen-bond acceptors (Lipinski definition) is 6. The number of pyridine rings is 1. The molecule has 1 saturated carbocycles. The topological polar surface area (TPSA) is 98.6 Å². The van der Waals surface area contributed by atoms with Gasteiger partial charge in [0.2, 0.25) is 0 Å². The molecule has 1 atom stereocenters. The minimum atomic E-state index is -1.54. The molecule has 3 aromatic heterocycles. The number of nitrogen functional groups attached to an aromatic ring is 1. The molecule has 2 N–H and O–H groups in total. The number of imidazole rings is 1. The fourth-order valence-corrected chi connectivity index (χ4v) is 5.69.